The van der Waals surface area contributed by atoms with Crippen molar-refractivity contribution in [3.8, 4) is 0 Å². The number of ether oxygens (including phenoxy) is 2. The van der Waals surface area contributed by atoms with Gasteiger partial charge in [0.2, 0.25) is 17.7 Å². The highest BCUT2D eigenvalue weighted by molar-refractivity contribution is 5.98. The third-order valence-electron chi connectivity index (χ3n) is 10.3. The number of carbonyl (C=O) groups is 4. The number of rotatable bonds is 15. The first-order valence-corrected chi connectivity index (χ1v) is 17.2. The van der Waals surface area contributed by atoms with Crippen molar-refractivity contribution in [2.75, 3.05) is 26.7 Å². The molecule has 0 aliphatic carbocycles. The van der Waals surface area contributed by atoms with Crippen molar-refractivity contribution in [2.45, 2.75) is 109 Å². The zero-order valence-electron chi connectivity index (χ0n) is 29.8. The molecule has 3 aliphatic heterocycles. The Kier molecular flexibility index (Phi) is 11.3. The largest absolute Gasteiger partial charge is 0.455 e. The van der Waals surface area contributed by atoms with Crippen LogP contribution in [0.4, 0.5) is 0 Å². The molecule has 0 aromatic heterocycles. The molecule has 1 aromatic rings. The van der Waals surface area contributed by atoms with Crippen LogP contribution in [0.25, 0.3) is 0 Å². The van der Waals surface area contributed by atoms with Crippen molar-refractivity contribution in [1.82, 2.24) is 14.7 Å². The second-order valence-electron chi connectivity index (χ2n) is 15.4. The van der Waals surface area contributed by atoms with Crippen molar-refractivity contribution in [3.05, 3.63) is 61.2 Å². The molecule has 3 amide bonds. The molecule has 3 heterocycles. The minimum atomic E-state index is -1.24. The number of carbonyl (C=O) groups excluding carboxylic acids is 4. The Bertz CT molecular complexity index is 1370. The molecular weight excluding hydrogens is 610 g/mol. The number of likely N-dealkylation sites (N-methyl/N-ethyl adjacent to an activating group) is 1. The first-order valence-electron chi connectivity index (χ1n) is 17.2. The van der Waals surface area contributed by atoms with Gasteiger partial charge in [-0.15, -0.1) is 13.2 Å². The maximum absolute atomic E-state index is 14.7. The summed E-state index contributed by atoms with van der Waals surface area (Å²) in [6, 6.07) is 7.72. The highest BCUT2D eigenvalue weighted by atomic mass is 16.6. The third-order valence-corrected chi connectivity index (χ3v) is 10.3. The lowest BCUT2D eigenvalue weighted by Gasteiger charge is -2.45. The lowest BCUT2D eigenvalue weighted by atomic mass is 9.70. The minimum absolute atomic E-state index is 0.0633. The topological polar surface area (TPSA) is 117 Å². The van der Waals surface area contributed by atoms with E-state index in [9.17, 15) is 24.3 Å². The SMILES string of the molecule is C=CCCC(=O)N(C)[C@@H](C)[C@@H](OC(=O)[C@@H]1[C@@H]2CC[C@]3(O2)[C@H](C(=O)N(CC=C)C(C)(C)CC(C)(C)C)N(CCO)C(=O)[C@@H]13)c1ccccc1. The number of allylic oxidation sites excluding steroid dienone is 1. The van der Waals surface area contributed by atoms with E-state index < -0.39 is 53.2 Å². The average molecular weight is 666 g/mol. The molecule has 0 saturated carbocycles. The van der Waals surface area contributed by atoms with Gasteiger partial charge in [-0.3, -0.25) is 19.2 Å². The number of esters is 1. The van der Waals surface area contributed by atoms with E-state index in [1.807, 2.05) is 51.1 Å². The molecule has 1 spiro atoms. The molecule has 3 aliphatic rings. The summed E-state index contributed by atoms with van der Waals surface area (Å²) in [4.78, 5) is 61.1. The number of hydrogen-bond acceptors (Lipinski definition) is 7. The van der Waals surface area contributed by atoms with Crippen LogP contribution in [0.15, 0.2) is 55.6 Å². The van der Waals surface area contributed by atoms with Gasteiger partial charge in [0.15, 0.2) is 0 Å². The van der Waals surface area contributed by atoms with Crippen molar-refractivity contribution in [2.24, 2.45) is 17.3 Å². The summed E-state index contributed by atoms with van der Waals surface area (Å²) in [6.07, 6.45) is 4.37. The fourth-order valence-electron chi connectivity index (χ4n) is 8.48. The molecule has 1 N–H and O–H groups in total. The Balaban J connectivity index is 1.69. The Morgan fingerprint density at radius 2 is 1.81 bits per heavy atom. The van der Waals surface area contributed by atoms with Gasteiger partial charge < -0.3 is 29.3 Å². The predicted octanol–water partition coefficient (Wildman–Crippen LogP) is 4.68. The monoisotopic (exact) mass is 665 g/mol. The second-order valence-corrected chi connectivity index (χ2v) is 15.4. The molecule has 2 bridgehead atoms. The zero-order chi connectivity index (χ0) is 35.6. The summed E-state index contributed by atoms with van der Waals surface area (Å²) in [7, 11) is 1.69. The molecule has 48 heavy (non-hydrogen) atoms. The van der Waals surface area contributed by atoms with Crippen LogP contribution in [0, 0.1) is 17.3 Å². The van der Waals surface area contributed by atoms with Gasteiger partial charge in [0.05, 0.1) is 30.6 Å². The number of β-amino-alcohol motifs (C(OH)–C–C–N with tert-alkyl or cyclic N) is 1. The highest BCUT2D eigenvalue weighted by Crippen LogP contribution is 2.59. The van der Waals surface area contributed by atoms with E-state index >= 15 is 0 Å². The normalized spacial score (nSPS) is 26.1. The van der Waals surface area contributed by atoms with Crippen molar-refractivity contribution < 1.29 is 33.8 Å². The molecule has 4 rings (SSSR count). The smallest absolute Gasteiger partial charge is 0.313 e. The molecule has 10 nitrogen and oxygen atoms in total. The Labute approximate surface area is 286 Å². The maximum Gasteiger partial charge on any atom is 0.313 e. The number of fused-ring (bicyclic) bond motifs is 1. The van der Waals surface area contributed by atoms with E-state index in [1.165, 1.54) is 4.90 Å². The summed E-state index contributed by atoms with van der Waals surface area (Å²) in [5, 5.41) is 10.1. The lowest BCUT2D eigenvalue weighted by Crippen LogP contribution is -2.61. The minimum Gasteiger partial charge on any atom is -0.455 e. The number of amides is 3. The van der Waals surface area contributed by atoms with Crippen molar-refractivity contribution in [1.29, 1.82) is 0 Å². The van der Waals surface area contributed by atoms with E-state index in [-0.39, 0.29) is 49.3 Å². The molecule has 264 valence electrons. The summed E-state index contributed by atoms with van der Waals surface area (Å²) in [6.45, 7) is 19.7. The number of aliphatic hydroxyl groups is 1. The van der Waals surface area contributed by atoms with Gasteiger partial charge in [-0.1, -0.05) is 63.3 Å². The zero-order valence-corrected chi connectivity index (χ0v) is 29.8. The molecule has 7 atom stereocenters. The van der Waals surface area contributed by atoms with Crippen LogP contribution in [-0.2, 0) is 28.7 Å². The van der Waals surface area contributed by atoms with Crippen molar-refractivity contribution in [3.63, 3.8) is 0 Å². The molecule has 3 saturated heterocycles. The van der Waals surface area contributed by atoms with Crippen LogP contribution in [0.1, 0.15) is 85.3 Å². The fraction of sp³-hybridized carbons (Fsp3) is 0.632. The Morgan fingerprint density at radius 1 is 1.15 bits per heavy atom. The number of nitrogens with zero attached hydrogens (tertiary/aromatic N) is 3. The molecule has 10 heteroatoms. The first kappa shape index (κ1) is 37.3. The molecule has 0 unspecified atom stereocenters. The van der Waals surface area contributed by atoms with Gasteiger partial charge in [0.1, 0.15) is 17.7 Å². The van der Waals surface area contributed by atoms with Gasteiger partial charge in [-0.2, -0.15) is 0 Å². The maximum atomic E-state index is 14.7. The Hall–Kier alpha value is -3.50. The number of aliphatic hydroxyl groups excluding tert-OH is 1. The average Bonchev–Trinajstić information content (AvgIpc) is 3.67. The molecule has 3 fully saturated rings. The van der Waals surface area contributed by atoms with E-state index in [2.05, 4.69) is 33.9 Å². The van der Waals surface area contributed by atoms with E-state index in [4.69, 9.17) is 9.47 Å². The molecule has 1 aromatic carbocycles. The number of likely N-dealkylation sites (tertiary alicyclic amines) is 1. The third kappa shape index (κ3) is 7.10. The fourth-order valence-corrected chi connectivity index (χ4v) is 8.48. The molecular formula is C38H55N3O7. The van der Waals surface area contributed by atoms with Crippen LogP contribution in [0.3, 0.4) is 0 Å². The Morgan fingerprint density at radius 3 is 2.40 bits per heavy atom. The second kappa shape index (κ2) is 14.5. The van der Waals surface area contributed by atoms with E-state index in [1.54, 1.807) is 29.0 Å². The van der Waals surface area contributed by atoms with Crippen LogP contribution < -0.4 is 0 Å². The van der Waals surface area contributed by atoms with Crippen LogP contribution in [-0.4, -0.2) is 99.6 Å². The summed E-state index contributed by atoms with van der Waals surface area (Å²) < 4.78 is 12.9. The summed E-state index contributed by atoms with van der Waals surface area (Å²) >= 11 is 0. The van der Waals surface area contributed by atoms with Gasteiger partial charge in [-0.05, 0) is 57.4 Å². The van der Waals surface area contributed by atoms with Crippen molar-refractivity contribution >= 4 is 23.7 Å². The van der Waals surface area contributed by atoms with Crippen LogP contribution in [0.5, 0.6) is 0 Å². The van der Waals surface area contributed by atoms with Crippen LogP contribution in [0.2, 0.25) is 0 Å². The lowest BCUT2D eigenvalue weighted by molar-refractivity contribution is -0.165. The summed E-state index contributed by atoms with van der Waals surface area (Å²) in [5.74, 6) is -3.26. The predicted molar refractivity (Wildman–Crippen MR) is 183 cm³/mol. The first-order chi connectivity index (χ1) is 22.5. The standard InChI is InChI=1S/C38H55N3O7/c1-10-12-18-28(43)39(9)25(3)31(26-16-14-13-15-17-26)47-35(46)29-27-19-20-38(48-27)30(29)33(44)40(22-23-42)32(38)34(45)41(21-11-2)37(7,8)24-36(4,5)6/h10-11,13-17,25,27,29-32,42H,1-2,12,18-24H2,3-9H3/t25-,27-,29+,30+,31+,32-,38+/m0/s1. The number of hydrogen-bond donors (Lipinski definition) is 1. The molecule has 0 radical (unpaired) electrons. The number of benzene rings is 1. The highest BCUT2D eigenvalue weighted by Gasteiger charge is 2.75. The quantitative estimate of drug-likeness (QED) is 0.214. The van der Waals surface area contributed by atoms with E-state index in [0.717, 1.165) is 5.56 Å². The van der Waals surface area contributed by atoms with Gasteiger partial charge >= 0.3 is 5.97 Å². The van der Waals surface area contributed by atoms with Gasteiger partial charge in [0.25, 0.3) is 0 Å². The van der Waals surface area contributed by atoms with Gasteiger partial charge in [-0.25, -0.2) is 0 Å². The van der Waals surface area contributed by atoms with Crippen LogP contribution >= 0.6 is 0 Å². The summed E-state index contributed by atoms with van der Waals surface area (Å²) in [5.41, 5.74) is -1.20. The van der Waals surface area contributed by atoms with E-state index in [0.29, 0.717) is 25.7 Å². The van der Waals surface area contributed by atoms with Gasteiger partial charge in [0, 0.05) is 32.1 Å².